The number of para-hydroxylation sites is 2. The second-order valence-electron chi connectivity index (χ2n) is 7.00. The van der Waals surface area contributed by atoms with Crippen molar-refractivity contribution in [3.05, 3.63) is 78.5 Å². The number of piperidine rings is 1. The summed E-state index contributed by atoms with van der Waals surface area (Å²) in [5.41, 5.74) is 5.00. The molecule has 3 heterocycles. The molecule has 2 aromatic carbocycles. The van der Waals surface area contributed by atoms with Gasteiger partial charge in [-0.05, 0) is 35.7 Å². The molecule has 2 aromatic heterocycles. The summed E-state index contributed by atoms with van der Waals surface area (Å²) in [4.78, 5) is 6.55. The van der Waals surface area contributed by atoms with Crippen LogP contribution in [0.1, 0.15) is 24.3 Å². The minimum atomic E-state index is 0. The molecular formula is C22H22ClN3. The summed E-state index contributed by atoms with van der Waals surface area (Å²) >= 11 is 0. The van der Waals surface area contributed by atoms with Gasteiger partial charge >= 0.3 is 0 Å². The third-order valence-electron chi connectivity index (χ3n) is 5.56. The molecule has 26 heavy (non-hydrogen) atoms. The Labute approximate surface area is 159 Å². The summed E-state index contributed by atoms with van der Waals surface area (Å²) in [6.45, 7) is 2.29. The van der Waals surface area contributed by atoms with E-state index in [2.05, 4.69) is 77.3 Å². The number of hydrogen-bond acceptors (Lipinski definition) is 1. The lowest BCUT2D eigenvalue weighted by atomic mass is 9.89. The molecule has 0 amide bonds. The van der Waals surface area contributed by atoms with Crippen LogP contribution in [0.5, 0.6) is 0 Å². The van der Waals surface area contributed by atoms with Gasteiger partial charge in [-0.15, -0.1) is 0 Å². The fourth-order valence-electron chi connectivity index (χ4n) is 4.25. The highest BCUT2D eigenvalue weighted by Gasteiger charge is 2.27. The normalized spacial score (nSPS) is 20.2. The van der Waals surface area contributed by atoms with Crippen molar-refractivity contribution < 1.29 is 17.3 Å². The Kier molecular flexibility index (Phi) is 4.66. The third-order valence-corrected chi connectivity index (χ3v) is 5.56. The first-order valence-electron chi connectivity index (χ1n) is 9.16. The molecule has 0 radical (unpaired) electrons. The molecule has 0 aliphatic carbocycles. The predicted molar refractivity (Wildman–Crippen MR) is 101 cm³/mol. The monoisotopic (exact) mass is 363 g/mol. The molecule has 0 bridgehead atoms. The number of hydrogen-bond donors (Lipinski definition) is 1. The summed E-state index contributed by atoms with van der Waals surface area (Å²) in [6.07, 6.45) is 4.60. The molecule has 0 saturated carbocycles. The van der Waals surface area contributed by atoms with Crippen molar-refractivity contribution in [2.75, 3.05) is 13.1 Å². The van der Waals surface area contributed by atoms with Gasteiger partial charge in [0.05, 0.1) is 24.1 Å². The number of nitrogens with one attached hydrogen (secondary N) is 1. The molecule has 1 aliphatic heterocycles. The van der Waals surface area contributed by atoms with Crippen molar-refractivity contribution in [2.45, 2.75) is 18.8 Å². The third kappa shape index (κ3) is 2.87. The fourth-order valence-corrected chi connectivity index (χ4v) is 4.25. The van der Waals surface area contributed by atoms with E-state index in [9.17, 15) is 0 Å². The van der Waals surface area contributed by atoms with Gasteiger partial charge in [-0.25, -0.2) is 0 Å². The molecular weight excluding hydrogens is 342 g/mol. The van der Waals surface area contributed by atoms with Crippen LogP contribution in [0.4, 0.5) is 5.82 Å². The van der Waals surface area contributed by atoms with Gasteiger partial charge in [-0.2, -0.15) is 4.98 Å². The van der Waals surface area contributed by atoms with Gasteiger partial charge in [-0.1, -0.05) is 42.5 Å². The van der Waals surface area contributed by atoms with Crippen LogP contribution in [-0.4, -0.2) is 22.5 Å². The summed E-state index contributed by atoms with van der Waals surface area (Å²) in [6, 6.07) is 23.7. The van der Waals surface area contributed by atoms with Crippen molar-refractivity contribution in [1.29, 1.82) is 0 Å². The second-order valence-corrected chi connectivity index (χ2v) is 7.00. The quantitative estimate of drug-likeness (QED) is 0.553. The first-order valence-corrected chi connectivity index (χ1v) is 9.16. The lowest BCUT2D eigenvalue weighted by Crippen LogP contribution is -3.08. The first-order chi connectivity index (χ1) is 12.4. The number of halogens is 1. The van der Waals surface area contributed by atoms with Crippen molar-refractivity contribution in [1.82, 2.24) is 9.38 Å². The molecule has 0 unspecified atom stereocenters. The maximum atomic E-state index is 5.04. The van der Waals surface area contributed by atoms with Crippen molar-refractivity contribution in [3.8, 4) is 0 Å². The molecule has 4 aromatic rings. The molecule has 4 heteroatoms. The maximum absolute atomic E-state index is 5.04. The van der Waals surface area contributed by atoms with Crippen LogP contribution in [0.15, 0.2) is 72.9 Å². The van der Waals surface area contributed by atoms with Crippen LogP contribution in [0, 0.1) is 0 Å². The van der Waals surface area contributed by atoms with Gasteiger partial charge in [0.25, 0.3) is 5.82 Å². The van der Waals surface area contributed by atoms with E-state index in [4.69, 9.17) is 4.98 Å². The van der Waals surface area contributed by atoms with Gasteiger partial charge in [0.15, 0.2) is 0 Å². The van der Waals surface area contributed by atoms with Crippen LogP contribution in [0.25, 0.3) is 16.6 Å². The SMILES string of the molecule is [Cl-].c1ccc(C2CC[NH+](c3nc4ccccc4n4cccc34)CC2)cc1. The number of benzene rings is 2. The topological polar surface area (TPSA) is 21.7 Å². The van der Waals surface area contributed by atoms with Crippen LogP contribution in [0.3, 0.4) is 0 Å². The van der Waals surface area contributed by atoms with Crippen LogP contribution < -0.4 is 17.3 Å². The van der Waals surface area contributed by atoms with E-state index in [1.807, 2.05) is 0 Å². The highest BCUT2D eigenvalue weighted by atomic mass is 35.5. The Morgan fingerprint density at radius 1 is 0.808 bits per heavy atom. The van der Waals surface area contributed by atoms with Crippen LogP contribution >= 0.6 is 0 Å². The molecule has 0 spiro atoms. The van der Waals surface area contributed by atoms with E-state index in [-0.39, 0.29) is 12.4 Å². The molecule has 1 saturated heterocycles. The molecule has 3 nitrogen and oxygen atoms in total. The summed E-state index contributed by atoms with van der Waals surface area (Å²) in [7, 11) is 0. The van der Waals surface area contributed by atoms with Gasteiger partial charge in [0, 0.05) is 19.0 Å². The lowest BCUT2D eigenvalue weighted by Gasteiger charge is -2.29. The average Bonchev–Trinajstić information content (AvgIpc) is 3.18. The van der Waals surface area contributed by atoms with Crippen molar-refractivity contribution >= 4 is 22.4 Å². The van der Waals surface area contributed by atoms with Gasteiger partial charge < -0.3 is 16.8 Å². The smallest absolute Gasteiger partial charge is 0.251 e. The minimum absolute atomic E-state index is 0. The maximum Gasteiger partial charge on any atom is 0.251 e. The first kappa shape index (κ1) is 17.1. The van der Waals surface area contributed by atoms with Gasteiger partial charge in [0.2, 0.25) is 0 Å². The highest BCUT2D eigenvalue weighted by Crippen LogP contribution is 2.25. The molecule has 132 valence electrons. The average molecular weight is 364 g/mol. The lowest BCUT2D eigenvalue weighted by molar-refractivity contribution is -0.840. The van der Waals surface area contributed by atoms with E-state index in [0.29, 0.717) is 5.92 Å². The Morgan fingerprint density at radius 2 is 1.50 bits per heavy atom. The summed E-state index contributed by atoms with van der Waals surface area (Å²) < 4.78 is 2.29. The predicted octanol–water partition coefficient (Wildman–Crippen LogP) is 0.586. The van der Waals surface area contributed by atoms with E-state index >= 15 is 0 Å². The Balaban J connectivity index is 0.00000168. The number of nitrogens with zero attached hydrogens (tertiary/aromatic N) is 2. The molecule has 1 aliphatic rings. The zero-order chi connectivity index (χ0) is 16.6. The summed E-state index contributed by atoms with van der Waals surface area (Å²) in [5, 5.41) is 0. The van der Waals surface area contributed by atoms with Crippen molar-refractivity contribution in [3.63, 3.8) is 0 Å². The second kappa shape index (κ2) is 7.10. The van der Waals surface area contributed by atoms with E-state index in [1.54, 1.807) is 0 Å². The highest BCUT2D eigenvalue weighted by molar-refractivity contribution is 5.82. The summed E-state index contributed by atoms with van der Waals surface area (Å²) in [5.74, 6) is 1.89. The Morgan fingerprint density at radius 3 is 2.31 bits per heavy atom. The molecule has 0 atom stereocenters. The minimum Gasteiger partial charge on any atom is -1.00 e. The fraction of sp³-hybridized carbons (Fsp3) is 0.227. The van der Waals surface area contributed by atoms with Gasteiger partial charge in [-0.3, -0.25) is 4.90 Å². The van der Waals surface area contributed by atoms with E-state index in [1.165, 1.54) is 40.2 Å². The number of rotatable bonds is 2. The largest absolute Gasteiger partial charge is 1.00 e. The molecule has 1 fully saturated rings. The molecule has 1 N–H and O–H groups in total. The van der Waals surface area contributed by atoms with Crippen molar-refractivity contribution in [2.24, 2.45) is 0 Å². The number of aromatic nitrogens is 2. The number of quaternary nitrogens is 1. The molecule has 5 rings (SSSR count). The van der Waals surface area contributed by atoms with Crippen LogP contribution in [0.2, 0.25) is 0 Å². The Bertz CT molecular complexity index is 1020. The van der Waals surface area contributed by atoms with Gasteiger partial charge in [0.1, 0.15) is 5.52 Å². The number of fused-ring (bicyclic) bond motifs is 3. The zero-order valence-corrected chi connectivity index (χ0v) is 15.4. The Hall–Kier alpha value is -2.36. The van der Waals surface area contributed by atoms with E-state index < -0.39 is 0 Å². The van der Waals surface area contributed by atoms with E-state index in [0.717, 1.165) is 18.6 Å². The zero-order valence-electron chi connectivity index (χ0n) is 14.6. The standard InChI is InChI=1S/C22H21N3.ClH/c1-2-7-17(8-3-1)18-12-15-24(16-13-18)22-21-11-6-14-25(21)20-10-5-4-9-19(20)23-22;/h1-11,14,18H,12-13,15-16H2;1H. The van der Waals surface area contributed by atoms with Crippen LogP contribution in [-0.2, 0) is 0 Å².